The Labute approximate surface area is 194 Å². The number of likely N-dealkylation sites (tertiary alicyclic amines) is 1. The van der Waals surface area contributed by atoms with Crippen LogP contribution in [0.1, 0.15) is 25.5 Å². The fraction of sp³-hybridized carbons (Fsp3) is 0.542. The number of rotatable bonds is 6. The summed E-state index contributed by atoms with van der Waals surface area (Å²) in [7, 11) is 2.09. The van der Waals surface area contributed by atoms with Crippen molar-refractivity contribution >= 4 is 23.2 Å². The van der Waals surface area contributed by atoms with Crippen LogP contribution in [0.15, 0.2) is 29.6 Å². The molecule has 3 heterocycles. The number of nitrogens with zero attached hydrogens (tertiary/aromatic N) is 4. The molecule has 4 rings (SSSR count). The summed E-state index contributed by atoms with van der Waals surface area (Å²) in [5, 5.41) is 2.83. The molecule has 1 aromatic carbocycles. The van der Waals surface area contributed by atoms with E-state index < -0.39 is 0 Å². The number of aromatic nitrogens is 1. The molecule has 7 nitrogen and oxygen atoms in total. The molecule has 0 N–H and O–H groups in total. The molecule has 2 aliphatic heterocycles. The molecule has 0 saturated carbocycles. The average molecular weight is 457 g/mol. The Morgan fingerprint density at radius 2 is 1.78 bits per heavy atom. The van der Waals surface area contributed by atoms with Crippen LogP contribution in [0.25, 0.3) is 10.6 Å². The number of benzene rings is 1. The smallest absolute Gasteiger partial charge is 0.228 e. The van der Waals surface area contributed by atoms with Gasteiger partial charge < -0.3 is 19.4 Å². The van der Waals surface area contributed by atoms with Crippen molar-refractivity contribution in [3.05, 3.63) is 35.3 Å². The van der Waals surface area contributed by atoms with E-state index in [1.54, 1.807) is 0 Å². The van der Waals surface area contributed by atoms with Gasteiger partial charge in [0.15, 0.2) is 0 Å². The first kappa shape index (κ1) is 22.7. The van der Waals surface area contributed by atoms with Crippen LogP contribution in [0.4, 0.5) is 0 Å². The lowest BCUT2D eigenvalue weighted by atomic mass is 9.94. The number of carbonyl (C=O) groups excluding carboxylic acids is 2. The molecule has 172 valence electrons. The molecule has 2 saturated heterocycles. The van der Waals surface area contributed by atoms with Gasteiger partial charge in [-0.3, -0.25) is 9.59 Å². The fourth-order valence-corrected chi connectivity index (χ4v) is 5.21. The predicted molar refractivity (Wildman–Crippen MR) is 126 cm³/mol. The van der Waals surface area contributed by atoms with Gasteiger partial charge >= 0.3 is 0 Å². The Bertz CT molecular complexity index is 931. The first-order valence-electron chi connectivity index (χ1n) is 11.5. The molecule has 0 atom stereocenters. The Morgan fingerprint density at radius 3 is 2.50 bits per heavy atom. The molecule has 0 radical (unpaired) electrons. The Kier molecular flexibility index (Phi) is 7.42. The number of piperidine rings is 1. The third-order valence-corrected chi connectivity index (χ3v) is 7.24. The van der Waals surface area contributed by atoms with E-state index >= 15 is 0 Å². The molecular weight excluding hydrogens is 424 g/mol. The van der Waals surface area contributed by atoms with Crippen molar-refractivity contribution in [2.24, 2.45) is 5.92 Å². The SMILES string of the molecule is CCOc1ccccc1-c1nc(CC(=O)N2CCC(C(=O)N3CCN(C)CC3)CC2)cs1. The highest BCUT2D eigenvalue weighted by atomic mass is 32.1. The van der Waals surface area contributed by atoms with Crippen LogP contribution in [-0.2, 0) is 16.0 Å². The Balaban J connectivity index is 1.30. The quantitative estimate of drug-likeness (QED) is 0.669. The number of para-hydroxylation sites is 1. The number of likely N-dealkylation sites (N-methyl/N-ethyl adjacent to an activating group) is 1. The van der Waals surface area contributed by atoms with Gasteiger partial charge in [0.05, 0.1) is 24.3 Å². The highest BCUT2D eigenvalue weighted by Crippen LogP contribution is 2.32. The van der Waals surface area contributed by atoms with Gasteiger partial charge in [0.25, 0.3) is 0 Å². The minimum atomic E-state index is 0.0448. The molecule has 0 unspecified atom stereocenters. The third kappa shape index (κ3) is 5.30. The second kappa shape index (κ2) is 10.4. The lowest BCUT2D eigenvalue weighted by Gasteiger charge is -2.37. The van der Waals surface area contributed by atoms with Crippen molar-refractivity contribution in [1.29, 1.82) is 0 Å². The predicted octanol–water partition coefficient (Wildman–Crippen LogP) is 2.76. The number of ether oxygens (including phenoxy) is 1. The van der Waals surface area contributed by atoms with Crippen LogP contribution in [-0.4, -0.2) is 84.4 Å². The number of piperazine rings is 1. The van der Waals surface area contributed by atoms with Gasteiger partial charge in [-0.05, 0) is 38.9 Å². The van der Waals surface area contributed by atoms with Gasteiger partial charge in [0.2, 0.25) is 11.8 Å². The summed E-state index contributed by atoms with van der Waals surface area (Å²) >= 11 is 1.54. The van der Waals surface area contributed by atoms with Crippen LogP contribution >= 0.6 is 11.3 Å². The summed E-state index contributed by atoms with van der Waals surface area (Å²) in [4.78, 5) is 36.5. The zero-order valence-electron chi connectivity index (χ0n) is 19.0. The highest BCUT2D eigenvalue weighted by molar-refractivity contribution is 7.13. The zero-order chi connectivity index (χ0) is 22.5. The molecule has 2 aliphatic rings. The van der Waals surface area contributed by atoms with Crippen LogP contribution in [0, 0.1) is 5.92 Å². The minimum absolute atomic E-state index is 0.0448. The maximum Gasteiger partial charge on any atom is 0.228 e. The molecule has 0 bridgehead atoms. The van der Waals surface area contributed by atoms with E-state index in [2.05, 4.69) is 11.9 Å². The van der Waals surface area contributed by atoms with Crippen LogP contribution in [0.2, 0.25) is 0 Å². The van der Waals surface area contributed by atoms with Gasteiger partial charge in [-0.15, -0.1) is 11.3 Å². The first-order chi connectivity index (χ1) is 15.5. The van der Waals surface area contributed by atoms with Gasteiger partial charge in [-0.1, -0.05) is 12.1 Å². The monoisotopic (exact) mass is 456 g/mol. The van der Waals surface area contributed by atoms with E-state index in [4.69, 9.17) is 9.72 Å². The van der Waals surface area contributed by atoms with E-state index in [1.165, 1.54) is 11.3 Å². The number of hydrogen-bond acceptors (Lipinski definition) is 6. The van der Waals surface area contributed by atoms with Crippen LogP contribution in [0.3, 0.4) is 0 Å². The first-order valence-corrected chi connectivity index (χ1v) is 12.3. The topological polar surface area (TPSA) is 66.0 Å². The van der Waals surface area contributed by atoms with Crippen molar-refractivity contribution in [1.82, 2.24) is 19.7 Å². The number of hydrogen-bond donors (Lipinski definition) is 0. The van der Waals surface area contributed by atoms with Crippen molar-refractivity contribution in [3.63, 3.8) is 0 Å². The largest absolute Gasteiger partial charge is 0.493 e. The number of amides is 2. The van der Waals surface area contributed by atoms with E-state index in [-0.39, 0.29) is 17.7 Å². The molecule has 0 aliphatic carbocycles. The molecule has 2 fully saturated rings. The Hall–Kier alpha value is -2.45. The highest BCUT2D eigenvalue weighted by Gasteiger charge is 2.31. The van der Waals surface area contributed by atoms with E-state index in [0.29, 0.717) is 26.1 Å². The van der Waals surface area contributed by atoms with E-state index in [1.807, 2.05) is 46.4 Å². The summed E-state index contributed by atoms with van der Waals surface area (Å²) in [5.41, 5.74) is 1.75. The van der Waals surface area contributed by atoms with Crippen LogP contribution in [0.5, 0.6) is 5.75 Å². The van der Waals surface area contributed by atoms with E-state index in [0.717, 1.165) is 61.0 Å². The molecule has 8 heteroatoms. The number of thiazole rings is 1. The maximum absolute atomic E-state index is 12.9. The minimum Gasteiger partial charge on any atom is -0.493 e. The molecule has 0 spiro atoms. The zero-order valence-corrected chi connectivity index (χ0v) is 19.8. The summed E-state index contributed by atoms with van der Waals surface area (Å²) in [6, 6.07) is 7.86. The van der Waals surface area contributed by atoms with Crippen LogP contribution < -0.4 is 4.74 Å². The summed E-state index contributed by atoms with van der Waals surface area (Å²) < 4.78 is 5.71. The third-order valence-electron chi connectivity index (χ3n) is 6.31. The maximum atomic E-state index is 12.9. The average Bonchev–Trinajstić information content (AvgIpc) is 3.28. The number of carbonyl (C=O) groups is 2. The van der Waals surface area contributed by atoms with Gasteiger partial charge in [-0.25, -0.2) is 4.98 Å². The van der Waals surface area contributed by atoms with Gasteiger partial charge in [0.1, 0.15) is 10.8 Å². The molecule has 2 amide bonds. The second-order valence-corrected chi connectivity index (χ2v) is 9.39. The van der Waals surface area contributed by atoms with Crippen molar-refractivity contribution < 1.29 is 14.3 Å². The van der Waals surface area contributed by atoms with Gasteiger partial charge in [-0.2, -0.15) is 0 Å². The standard InChI is InChI=1S/C24H32N4O3S/c1-3-31-21-7-5-4-6-20(21)23-25-19(17-32-23)16-22(29)27-10-8-18(9-11-27)24(30)28-14-12-26(2)13-15-28/h4-7,17-18H,3,8-16H2,1-2H3. The fourth-order valence-electron chi connectivity index (χ4n) is 4.36. The Morgan fingerprint density at radius 1 is 1.06 bits per heavy atom. The van der Waals surface area contributed by atoms with Crippen molar-refractivity contribution in [2.75, 3.05) is 52.9 Å². The van der Waals surface area contributed by atoms with Crippen molar-refractivity contribution in [2.45, 2.75) is 26.2 Å². The molecule has 1 aromatic heterocycles. The molecule has 2 aromatic rings. The molecule has 32 heavy (non-hydrogen) atoms. The lowest BCUT2D eigenvalue weighted by molar-refractivity contribution is -0.141. The summed E-state index contributed by atoms with van der Waals surface area (Å²) in [6.45, 7) is 7.35. The molecular formula is C24H32N4O3S. The second-order valence-electron chi connectivity index (χ2n) is 8.53. The summed E-state index contributed by atoms with van der Waals surface area (Å²) in [6.07, 6.45) is 1.80. The van der Waals surface area contributed by atoms with Gasteiger partial charge in [0, 0.05) is 50.6 Å². The normalized spacial score (nSPS) is 18.1. The van der Waals surface area contributed by atoms with Crippen molar-refractivity contribution in [3.8, 4) is 16.3 Å². The lowest BCUT2D eigenvalue weighted by Crippen LogP contribution is -2.51. The van der Waals surface area contributed by atoms with E-state index in [9.17, 15) is 9.59 Å². The summed E-state index contributed by atoms with van der Waals surface area (Å²) in [5.74, 6) is 1.21.